The third-order valence-corrected chi connectivity index (χ3v) is 3.75. The lowest BCUT2D eigenvalue weighted by molar-refractivity contribution is -0.121. The van der Waals surface area contributed by atoms with Crippen LogP contribution in [0.2, 0.25) is 5.02 Å². The van der Waals surface area contributed by atoms with Gasteiger partial charge in [-0.05, 0) is 36.1 Å². The van der Waals surface area contributed by atoms with Crippen molar-refractivity contribution in [2.45, 2.75) is 32.2 Å². The maximum Gasteiger partial charge on any atom is 0.220 e. The van der Waals surface area contributed by atoms with Gasteiger partial charge in [0.1, 0.15) is 0 Å². The van der Waals surface area contributed by atoms with Crippen LogP contribution < -0.4 is 5.32 Å². The van der Waals surface area contributed by atoms with E-state index in [4.69, 9.17) is 11.6 Å². The Morgan fingerprint density at radius 1 is 1.10 bits per heavy atom. The van der Waals surface area contributed by atoms with Crippen molar-refractivity contribution in [2.75, 3.05) is 0 Å². The van der Waals surface area contributed by atoms with Gasteiger partial charge in [-0.1, -0.05) is 61.0 Å². The van der Waals surface area contributed by atoms with Crippen LogP contribution >= 0.6 is 11.6 Å². The number of amides is 1. The summed E-state index contributed by atoms with van der Waals surface area (Å²) in [6.45, 7) is 2.08. The van der Waals surface area contributed by atoms with Crippen LogP contribution in [-0.4, -0.2) is 5.91 Å². The number of hydrogen-bond donors (Lipinski definition) is 1. The first-order chi connectivity index (χ1) is 10.2. The van der Waals surface area contributed by atoms with Crippen LogP contribution in [0.5, 0.6) is 0 Å². The Balaban J connectivity index is 1.87. The topological polar surface area (TPSA) is 29.1 Å². The minimum atomic E-state index is 0.0839. The highest BCUT2D eigenvalue weighted by atomic mass is 35.5. The molecular formula is C18H20ClNO. The molecule has 0 radical (unpaired) electrons. The quantitative estimate of drug-likeness (QED) is 0.834. The summed E-state index contributed by atoms with van der Waals surface area (Å²) in [6.07, 6.45) is 2.11. The van der Waals surface area contributed by atoms with E-state index in [1.807, 2.05) is 54.6 Å². The lowest BCUT2D eigenvalue weighted by Crippen LogP contribution is -2.28. The van der Waals surface area contributed by atoms with Crippen LogP contribution in [0.15, 0.2) is 54.6 Å². The number of nitrogens with one attached hydrogen (secondary N) is 1. The number of rotatable bonds is 6. The minimum Gasteiger partial charge on any atom is -0.349 e. The molecule has 2 aromatic rings. The Morgan fingerprint density at radius 2 is 1.76 bits per heavy atom. The molecular weight excluding hydrogens is 282 g/mol. The van der Waals surface area contributed by atoms with Crippen molar-refractivity contribution in [2.24, 2.45) is 0 Å². The maximum atomic E-state index is 12.1. The van der Waals surface area contributed by atoms with Crippen molar-refractivity contribution in [1.29, 1.82) is 0 Å². The first kappa shape index (κ1) is 15.6. The van der Waals surface area contributed by atoms with Gasteiger partial charge < -0.3 is 5.32 Å². The second-order valence-electron chi connectivity index (χ2n) is 5.07. The summed E-state index contributed by atoms with van der Waals surface area (Å²) in [6, 6.07) is 17.8. The molecule has 2 nitrogen and oxygen atoms in total. The molecule has 2 rings (SSSR count). The summed E-state index contributed by atoms with van der Waals surface area (Å²) in [5.41, 5.74) is 2.28. The van der Waals surface area contributed by atoms with Crippen molar-refractivity contribution < 1.29 is 4.79 Å². The molecule has 3 heteroatoms. The third-order valence-electron chi connectivity index (χ3n) is 3.50. The van der Waals surface area contributed by atoms with Crippen LogP contribution in [0, 0.1) is 0 Å². The van der Waals surface area contributed by atoms with Crippen LogP contribution in [0.25, 0.3) is 0 Å². The van der Waals surface area contributed by atoms with E-state index in [0.29, 0.717) is 6.42 Å². The molecule has 0 saturated heterocycles. The molecule has 0 aliphatic carbocycles. The number of carbonyl (C=O) groups excluding carboxylic acids is 1. The number of benzene rings is 2. The van der Waals surface area contributed by atoms with Crippen molar-refractivity contribution in [1.82, 2.24) is 5.32 Å². The molecule has 0 fully saturated rings. The minimum absolute atomic E-state index is 0.0839. The SMILES string of the molecule is CCC(NC(=O)CCc1ccc(Cl)cc1)c1ccccc1. The van der Waals surface area contributed by atoms with Crippen LogP contribution in [-0.2, 0) is 11.2 Å². The lowest BCUT2D eigenvalue weighted by atomic mass is 10.0. The predicted octanol–water partition coefficient (Wildman–Crippen LogP) is 4.54. The summed E-state index contributed by atoms with van der Waals surface area (Å²) in [5, 5.41) is 3.82. The molecule has 0 heterocycles. The van der Waals surface area contributed by atoms with Gasteiger partial charge in [-0.3, -0.25) is 4.79 Å². The number of halogens is 1. The van der Waals surface area contributed by atoms with E-state index in [1.165, 1.54) is 0 Å². The molecule has 0 aliphatic rings. The van der Waals surface area contributed by atoms with E-state index >= 15 is 0 Å². The van der Waals surface area contributed by atoms with E-state index in [-0.39, 0.29) is 11.9 Å². The summed E-state index contributed by atoms with van der Waals surface area (Å²) < 4.78 is 0. The van der Waals surface area contributed by atoms with Gasteiger partial charge in [0.2, 0.25) is 5.91 Å². The van der Waals surface area contributed by atoms with Crippen LogP contribution in [0.4, 0.5) is 0 Å². The normalized spacial score (nSPS) is 11.9. The third kappa shape index (κ3) is 4.91. The first-order valence-corrected chi connectivity index (χ1v) is 7.65. The van der Waals surface area contributed by atoms with E-state index < -0.39 is 0 Å². The smallest absolute Gasteiger partial charge is 0.220 e. The molecule has 1 amide bonds. The number of hydrogen-bond acceptors (Lipinski definition) is 1. The second-order valence-corrected chi connectivity index (χ2v) is 5.50. The molecule has 110 valence electrons. The zero-order valence-electron chi connectivity index (χ0n) is 12.2. The molecule has 1 unspecified atom stereocenters. The van der Waals surface area contributed by atoms with Crippen LogP contribution in [0.1, 0.15) is 36.9 Å². The highest BCUT2D eigenvalue weighted by Gasteiger charge is 2.12. The fourth-order valence-corrected chi connectivity index (χ4v) is 2.41. The summed E-state index contributed by atoms with van der Waals surface area (Å²) >= 11 is 5.85. The molecule has 21 heavy (non-hydrogen) atoms. The van der Waals surface area contributed by atoms with E-state index in [1.54, 1.807) is 0 Å². The molecule has 1 N–H and O–H groups in total. The summed E-state index contributed by atoms with van der Waals surface area (Å²) in [7, 11) is 0. The Labute approximate surface area is 131 Å². The van der Waals surface area contributed by atoms with Gasteiger partial charge in [0.25, 0.3) is 0 Å². The van der Waals surface area contributed by atoms with Gasteiger partial charge in [-0.2, -0.15) is 0 Å². The zero-order chi connectivity index (χ0) is 15.1. The number of carbonyl (C=O) groups is 1. The van der Waals surface area contributed by atoms with E-state index in [9.17, 15) is 4.79 Å². The fourth-order valence-electron chi connectivity index (χ4n) is 2.28. The lowest BCUT2D eigenvalue weighted by Gasteiger charge is -2.17. The van der Waals surface area contributed by atoms with Crippen molar-refractivity contribution in [3.63, 3.8) is 0 Å². The molecule has 0 aliphatic heterocycles. The largest absolute Gasteiger partial charge is 0.349 e. The maximum absolute atomic E-state index is 12.1. The van der Waals surface area contributed by atoms with Crippen molar-refractivity contribution >= 4 is 17.5 Å². The van der Waals surface area contributed by atoms with Gasteiger partial charge in [0.05, 0.1) is 6.04 Å². The fraction of sp³-hybridized carbons (Fsp3) is 0.278. The van der Waals surface area contributed by atoms with Gasteiger partial charge in [0, 0.05) is 11.4 Å². The summed E-state index contributed by atoms with van der Waals surface area (Å²) in [5.74, 6) is 0.0839. The van der Waals surface area contributed by atoms with Crippen molar-refractivity contribution in [3.05, 3.63) is 70.7 Å². The van der Waals surface area contributed by atoms with E-state index in [0.717, 1.165) is 29.0 Å². The predicted molar refractivity (Wildman–Crippen MR) is 87.4 cm³/mol. The van der Waals surface area contributed by atoms with Crippen LogP contribution in [0.3, 0.4) is 0 Å². The standard InChI is InChI=1S/C18H20ClNO/c1-2-17(15-6-4-3-5-7-15)20-18(21)13-10-14-8-11-16(19)12-9-14/h3-9,11-12,17H,2,10,13H2,1H3,(H,20,21). The van der Waals surface area contributed by atoms with Crippen molar-refractivity contribution in [3.8, 4) is 0 Å². The monoisotopic (exact) mass is 301 g/mol. The molecule has 0 aromatic heterocycles. The molecule has 2 aromatic carbocycles. The molecule has 0 spiro atoms. The Morgan fingerprint density at radius 3 is 2.38 bits per heavy atom. The van der Waals surface area contributed by atoms with Gasteiger partial charge >= 0.3 is 0 Å². The molecule has 0 bridgehead atoms. The first-order valence-electron chi connectivity index (χ1n) is 7.27. The molecule has 1 atom stereocenters. The molecule has 0 saturated carbocycles. The Hall–Kier alpha value is -1.80. The van der Waals surface area contributed by atoms with Gasteiger partial charge in [-0.15, -0.1) is 0 Å². The highest BCUT2D eigenvalue weighted by Crippen LogP contribution is 2.16. The average Bonchev–Trinajstić information content (AvgIpc) is 2.53. The Kier molecular flexibility index (Phi) is 5.82. The zero-order valence-corrected chi connectivity index (χ0v) is 12.9. The van der Waals surface area contributed by atoms with Gasteiger partial charge in [0.15, 0.2) is 0 Å². The highest BCUT2D eigenvalue weighted by molar-refractivity contribution is 6.30. The summed E-state index contributed by atoms with van der Waals surface area (Å²) in [4.78, 5) is 12.1. The number of aryl methyl sites for hydroxylation is 1. The second kappa shape index (κ2) is 7.84. The van der Waals surface area contributed by atoms with Gasteiger partial charge in [-0.25, -0.2) is 0 Å². The Bertz CT molecular complexity index is 566. The van der Waals surface area contributed by atoms with E-state index in [2.05, 4.69) is 12.2 Å². The average molecular weight is 302 g/mol.